The molecule has 0 radical (unpaired) electrons. The van der Waals surface area contributed by atoms with E-state index < -0.39 is 29.2 Å². The van der Waals surface area contributed by atoms with Gasteiger partial charge in [-0.1, -0.05) is 16.9 Å². The SMILES string of the molecule is Cn1nnnc1SCC1=C(C(=O)O)N2C(=O)C(NC(=O)C(=NO)c3cnsn3)[C@H]2SC1. The summed E-state index contributed by atoms with van der Waals surface area (Å²) in [6.45, 7) is 0. The third-order valence-electron chi connectivity index (χ3n) is 4.41. The van der Waals surface area contributed by atoms with Gasteiger partial charge < -0.3 is 15.6 Å². The second-order valence-corrected chi connectivity index (χ2v) is 8.84. The van der Waals surface area contributed by atoms with Gasteiger partial charge in [-0.3, -0.25) is 14.5 Å². The quantitative estimate of drug-likeness (QED) is 0.140. The summed E-state index contributed by atoms with van der Waals surface area (Å²) in [4.78, 5) is 38.2. The smallest absolute Gasteiger partial charge is 0.352 e. The highest BCUT2D eigenvalue weighted by Crippen LogP contribution is 2.41. The van der Waals surface area contributed by atoms with E-state index >= 15 is 0 Å². The Morgan fingerprint density at radius 1 is 1.45 bits per heavy atom. The minimum Gasteiger partial charge on any atom is -0.477 e. The van der Waals surface area contributed by atoms with Crippen LogP contribution in [0.5, 0.6) is 0 Å². The molecule has 0 aromatic carbocycles. The molecule has 0 aliphatic carbocycles. The van der Waals surface area contributed by atoms with Gasteiger partial charge in [0.1, 0.15) is 22.8 Å². The number of nitrogens with zero attached hydrogens (tertiary/aromatic N) is 8. The van der Waals surface area contributed by atoms with Crippen LogP contribution in [0.25, 0.3) is 0 Å². The fraction of sp³-hybridized carbons (Fsp3) is 0.357. The Kier molecular flexibility index (Phi) is 5.88. The summed E-state index contributed by atoms with van der Waals surface area (Å²) in [5.74, 6) is -1.99. The van der Waals surface area contributed by atoms with E-state index in [9.17, 15) is 19.5 Å². The van der Waals surface area contributed by atoms with Crippen LogP contribution in [0.1, 0.15) is 5.69 Å². The number of nitrogens with one attached hydrogen (secondary N) is 1. The molecule has 0 spiro atoms. The van der Waals surface area contributed by atoms with Gasteiger partial charge in [0.15, 0.2) is 5.71 Å². The predicted molar refractivity (Wildman–Crippen MR) is 107 cm³/mol. The molecule has 14 nitrogen and oxygen atoms in total. The normalized spacial score (nSPS) is 21.0. The molecule has 3 N–H and O–H groups in total. The Balaban J connectivity index is 1.49. The highest BCUT2D eigenvalue weighted by atomic mass is 32.2. The van der Waals surface area contributed by atoms with E-state index in [1.165, 1.54) is 34.4 Å². The zero-order valence-corrected chi connectivity index (χ0v) is 18.0. The number of thioether (sulfide) groups is 2. The first kappa shape index (κ1) is 21.2. The van der Waals surface area contributed by atoms with Crippen molar-refractivity contribution in [2.45, 2.75) is 16.6 Å². The van der Waals surface area contributed by atoms with Crippen LogP contribution in [0.2, 0.25) is 0 Å². The van der Waals surface area contributed by atoms with Crippen molar-refractivity contribution in [2.24, 2.45) is 12.2 Å². The Hall–Kier alpha value is -3.05. The van der Waals surface area contributed by atoms with Crippen molar-refractivity contribution in [3.63, 3.8) is 0 Å². The molecule has 0 bridgehead atoms. The number of aryl methyl sites for hydroxylation is 1. The van der Waals surface area contributed by atoms with E-state index in [0.29, 0.717) is 16.5 Å². The number of carbonyl (C=O) groups is 3. The molecule has 31 heavy (non-hydrogen) atoms. The second kappa shape index (κ2) is 8.60. The third kappa shape index (κ3) is 3.86. The molecule has 2 aromatic rings. The Morgan fingerprint density at radius 2 is 2.26 bits per heavy atom. The number of hydrogen-bond donors (Lipinski definition) is 3. The maximum atomic E-state index is 12.7. The Labute approximate surface area is 186 Å². The van der Waals surface area contributed by atoms with Crippen LogP contribution in [0.4, 0.5) is 0 Å². The van der Waals surface area contributed by atoms with Gasteiger partial charge in [-0.15, -0.1) is 16.9 Å². The number of β-lactam (4-membered cyclic amide) rings is 1. The van der Waals surface area contributed by atoms with Gasteiger partial charge in [0.2, 0.25) is 5.16 Å². The first-order valence-corrected chi connectivity index (χ1v) is 11.2. The zero-order chi connectivity index (χ0) is 22.1. The molecular formula is C14H13N9O5S3. The van der Waals surface area contributed by atoms with Gasteiger partial charge >= 0.3 is 5.97 Å². The number of carbonyl (C=O) groups excluding carboxylic acids is 2. The topological polar surface area (TPSA) is 189 Å². The Bertz CT molecular complexity index is 1100. The second-order valence-electron chi connectivity index (χ2n) is 6.23. The lowest BCUT2D eigenvalue weighted by molar-refractivity contribution is -0.150. The number of aliphatic carboxylic acids is 1. The molecule has 162 valence electrons. The fourth-order valence-corrected chi connectivity index (χ4v) is 5.73. The van der Waals surface area contributed by atoms with Crippen LogP contribution >= 0.6 is 35.3 Å². The summed E-state index contributed by atoms with van der Waals surface area (Å²) in [5.41, 5.74) is 0.116. The molecule has 0 saturated carbocycles. The molecule has 2 aromatic heterocycles. The first-order chi connectivity index (χ1) is 14.9. The van der Waals surface area contributed by atoms with Gasteiger partial charge in [-0.05, 0) is 16.0 Å². The molecule has 1 unspecified atom stereocenters. The number of rotatable bonds is 7. The summed E-state index contributed by atoms with van der Waals surface area (Å²) in [6.07, 6.45) is 1.26. The highest BCUT2D eigenvalue weighted by molar-refractivity contribution is 8.01. The number of carboxylic acid groups (broad SMARTS) is 1. The fourth-order valence-electron chi connectivity index (χ4n) is 2.98. The van der Waals surface area contributed by atoms with Crippen molar-refractivity contribution >= 4 is 58.7 Å². The van der Waals surface area contributed by atoms with Gasteiger partial charge in [0.05, 0.1) is 17.9 Å². The molecule has 2 amide bonds. The van der Waals surface area contributed by atoms with Crippen molar-refractivity contribution in [3.05, 3.63) is 23.2 Å². The van der Waals surface area contributed by atoms with Crippen LogP contribution in [-0.2, 0) is 21.4 Å². The first-order valence-electron chi connectivity index (χ1n) is 8.48. The minimum atomic E-state index is -1.23. The van der Waals surface area contributed by atoms with E-state index in [1.807, 2.05) is 0 Å². The molecule has 2 aliphatic rings. The van der Waals surface area contributed by atoms with E-state index in [1.54, 1.807) is 7.05 Å². The predicted octanol–water partition coefficient (Wildman–Crippen LogP) is -1.23. The molecule has 4 heterocycles. The average molecular weight is 484 g/mol. The number of fused-ring (bicyclic) bond motifs is 1. The number of tetrazole rings is 1. The summed E-state index contributed by atoms with van der Waals surface area (Å²) in [7, 11) is 1.67. The number of aromatic nitrogens is 6. The highest BCUT2D eigenvalue weighted by Gasteiger charge is 2.54. The maximum Gasteiger partial charge on any atom is 0.352 e. The van der Waals surface area contributed by atoms with Crippen molar-refractivity contribution in [3.8, 4) is 0 Å². The van der Waals surface area contributed by atoms with Gasteiger partial charge in [-0.2, -0.15) is 8.75 Å². The van der Waals surface area contributed by atoms with Crippen LogP contribution in [0.3, 0.4) is 0 Å². The van der Waals surface area contributed by atoms with Crippen molar-refractivity contribution in [2.75, 3.05) is 11.5 Å². The monoisotopic (exact) mass is 483 g/mol. The van der Waals surface area contributed by atoms with Crippen LogP contribution in [0, 0.1) is 0 Å². The summed E-state index contributed by atoms with van der Waals surface area (Å²) in [6, 6.07) is -0.965. The summed E-state index contributed by atoms with van der Waals surface area (Å²) >= 11 is 3.41. The van der Waals surface area contributed by atoms with E-state index in [4.69, 9.17) is 5.21 Å². The Morgan fingerprint density at radius 3 is 2.87 bits per heavy atom. The molecular weight excluding hydrogens is 470 g/mol. The standard InChI is InChI=1S/C14H13N9O5S3/c1-22-14(17-20-21-22)30-4-5-3-29-12-8(11(25)23(12)9(5)13(26)27)16-10(24)7(18-28)6-2-15-31-19-6/h2,8,12,28H,3-4H2,1H3,(H,16,24)(H,26,27)/t8?,12-/m1/s1. The maximum absolute atomic E-state index is 12.7. The van der Waals surface area contributed by atoms with E-state index in [-0.39, 0.29) is 22.9 Å². The molecule has 1 fully saturated rings. The lowest BCUT2D eigenvalue weighted by atomic mass is 10.0. The van der Waals surface area contributed by atoms with Crippen molar-refractivity contribution < 1.29 is 24.7 Å². The van der Waals surface area contributed by atoms with Crippen LogP contribution in [0.15, 0.2) is 27.8 Å². The summed E-state index contributed by atoms with van der Waals surface area (Å²) in [5, 5.41) is 35.3. The zero-order valence-electron chi connectivity index (χ0n) is 15.6. The lowest BCUT2D eigenvalue weighted by Crippen LogP contribution is -2.71. The van der Waals surface area contributed by atoms with E-state index in [2.05, 4.69) is 34.7 Å². The molecule has 4 rings (SSSR count). The molecule has 17 heteroatoms. The third-order valence-corrected chi connectivity index (χ3v) is 7.33. The molecule has 1 saturated heterocycles. The van der Waals surface area contributed by atoms with Crippen molar-refractivity contribution in [1.82, 2.24) is 39.2 Å². The number of carboxylic acids is 1. The van der Waals surface area contributed by atoms with Gasteiger partial charge in [0.25, 0.3) is 11.8 Å². The number of hydrogen-bond acceptors (Lipinski definition) is 13. The van der Waals surface area contributed by atoms with Gasteiger partial charge in [0, 0.05) is 18.6 Å². The van der Waals surface area contributed by atoms with Crippen molar-refractivity contribution in [1.29, 1.82) is 0 Å². The molecule has 2 atom stereocenters. The number of amides is 2. The van der Waals surface area contributed by atoms with E-state index in [0.717, 1.165) is 16.6 Å². The largest absolute Gasteiger partial charge is 0.477 e. The van der Waals surface area contributed by atoms with Crippen LogP contribution < -0.4 is 5.32 Å². The summed E-state index contributed by atoms with van der Waals surface area (Å²) < 4.78 is 9.03. The average Bonchev–Trinajstić information content (AvgIpc) is 3.42. The number of oxime groups is 1. The minimum absolute atomic E-state index is 0.0635. The lowest BCUT2D eigenvalue weighted by Gasteiger charge is -2.49. The van der Waals surface area contributed by atoms with Gasteiger partial charge in [-0.25, -0.2) is 9.48 Å². The van der Waals surface area contributed by atoms with Crippen LogP contribution in [-0.4, -0.2) is 90.6 Å². The molecule has 2 aliphatic heterocycles.